The molecule has 130 valence electrons. The number of benzene rings is 1. The molecule has 2 aromatic rings. The molecule has 0 aliphatic rings. The van der Waals surface area contributed by atoms with E-state index in [1.54, 1.807) is 0 Å². The summed E-state index contributed by atoms with van der Waals surface area (Å²) in [4.78, 5) is 12.3. The molecule has 0 aliphatic carbocycles. The second-order valence-electron chi connectivity index (χ2n) is 6.31. The number of ether oxygens (including phenoxy) is 1. The lowest BCUT2D eigenvalue weighted by molar-refractivity contribution is -0.122. The Kier molecular flexibility index (Phi) is 6.55. The fourth-order valence-corrected chi connectivity index (χ4v) is 2.68. The molecule has 0 spiro atoms. The smallest absolute Gasteiger partial charge is 0.227 e. The topological polar surface area (TPSA) is 64.4 Å². The Morgan fingerprint density at radius 2 is 1.96 bits per heavy atom. The standard InChI is InChI=1S/C19H26N2O3/c1-13(11-23-12-17-8-6-5-7-9-17)10-20-19(22)14(2)18-15(3)21-24-16(18)4/h5-9,13-14H,10-12H2,1-4H3,(H,20,22)/t13-,14-/m1/s1. The summed E-state index contributed by atoms with van der Waals surface area (Å²) in [5, 5.41) is 6.89. The Morgan fingerprint density at radius 3 is 2.58 bits per heavy atom. The maximum absolute atomic E-state index is 12.3. The van der Waals surface area contributed by atoms with Gasteiger partial charge in [0.2, 0.25) is 5.91 Å². The van der Waals surface area contributed by atoms with Crippen LogP contribution < -0.4 is 5.32 Å². The Bertz CT molecular complexity index is 632. The van der Waals surface area contributed by atoms with Gasteiger partial charge in [-0.1, -0.05) is 42.4 Å². The molecule has 1 aromatic carbocycles. The highest BCUT2D eigenvalue weighted by Crippen LogP contribution is 2.23. The van der Waals surface area contributed by atoms with Gasteiger partial charge in [0.1, 0.15) is 5.76 Å². The average molecular weight is 330 g/mol. The summed E-state index contributed by atoms with van der Waals surface area (Å²) in [5.74, 6) is 0.664. The minimum Gasteiger partial charge on any atom is -0.376 e. The van der Waals surface area contributed by atoms with Crippen molar-refractivity contribution in [2.75, 3.05) is 13.2 Å². The van der Waals surface area contributed by atoms with Crippen LogP contribution in [0.3, 0.4) is 0 Å². The average Bonchev–Trinajstić information content (AvgIpc) is 2.91. The second kappa shape index (κ2) is 8.64. The Morgan fingerprint density at radius 1 is 1.25 bits per heavy atom. The SMILES string of the molecule is Cc1noc(C)c1[C@@H](C)C(=O)NC[C@@H](C)COCc1ccccc1. The number of carbonyl (C=O) groups excluding carboxylic acids is 1. The number of amides is 1. The zero-order valence-corrected chi connectivity index (χ0v) is 14.8. The summed E-state index contributed by atoms with van der Waals surface area (Å²) in [6.45, 7) is 9.41. The number of nitrogens with one attached hydrogen (secondary N) is 1. The number of hydrogen-bond acceptors (Lipinski definition) is 4. The molecule has 0 aliphatic heterocycles. The van der Waals surface area contributed by atoms with Crippen molar-refractivity contribution in [3.63, 3.8) is 0 Å². The van der Waals surface area contributed by atoms with E-state index in [2.05, 4.69) is 17.4 Å². The molecular weight excluding hydrogens is 304 g/mol. The number of nitrogens with zero attached hydrogens (tertiary/aromatic N) is 1. The first-order valence-electron chi connectivity index (χ1n) is 8.31. The molecule has 2 rings (SSSR count). The molecule has 0 saturated carbocycles. The van der Waals surface area contributed by atoms with Crippen molar-refractivity contribution in [2.45, 2.75) is 40.2 Å². The predicted molar refractivity (Wildman–Crippen MR) is 92.7 cm³/mol. The van der Waals surface area contributed by atoms with Gasteiger partial charge in [0.15, 0.2) is 0 Å². The van der Waals surface area contributed by atoms with E-state index in [0.29, 0.717) is 25.5 Å². The van der Waals surface area contributed by atoms with Crippen LogP contribution in [0.5, 0.6) is 0 Å². The number of aryl methyl sites for hydroxylation is 2. The minimum absolute atomic E-state index is 0.0145. The molecule has 24 heavy (non-hydrogen) atoms. The minimum atomic E-state index is -0.270. The summed E-state index contributed by atoms with van der Waals surface area (Å²) < 4.78 is 10.8. The van der Waals surface area contributed by atoms with E-state index in [0.717, 1.165) is 16.8 Å². The van der Waals surface area contributed by atoms with Gasteiger partial charge < -0.3 is 14.6 Å². The Balaban J connectivity index is 1.73. The van der Waals surface area contributed by atoms with E-state index in [1.165, 1.54) is 0 Å². The van der Waals surface area contributed by atoms with E-state index < -0.39 is 0 Å². The zero-order valence-electron chi connectivity index (χ0n) is 14.8. The summed E-state index contributed by atoms with van der Waals surface area (Å²) >= 11 is 0. The molecule has 1 heterocycles. The molecule has 0 radical (unpaired) electrons. The molecule has 2 atom stereocenters. The summed E-state index contributed by atoms with van der Waals surface area (Å²) in [7, 11) is 0. The molecule has 0 unspecified atom stereocenters. The number of aromatic nitrogens is 1. The normalized spacial score (nSPS) is 13.5. The summed E-state index contributed by atoms with van der Waals surface area (Å²) in [6, 6.07) is 10.1. The maximum Gasteiger partial charge on any atom is 0.227 e. The van der Waals surface area contributed by atoms with E-state index in [1.807, 2.05) is 51.1 Å². The lowest BCUT2D eigenvalue weighted by atomic mass is 9.98. The van der Waals surface area contributed by atoms with Gasteiger partial charge in [-0.05, 0) is 32.3 Å². The molecule has 1 aromatic heterocycles. The molecular formula is C19H26N2O3. The van der Waals surface area contributed by atoms with Crippen molar-refractivity contribution < 1.29 is 14.1 Å². The van der Waals surface area contributed by atoms with Crippen molar-refractivity contribution in [3.8, 4) is 0 Å². The van der Waals surface area contributed by atoms with Gasteiger partial charge in [-0.25, -0.2) is 0 Å². The van der Waals surface area contributed by atoms with Crippen LogP contribution >= 0.6 is 0 Å². The fourth-order valence-electron chi connectivity index (χ4n) is 2.68. The van der Waals surface area contributed by atoms with Crippen molar-refractivity contribution in [1.29, 1.82) is 0 Å². The van der Waals surface area contributed by atoms with Crippen LogP contribution in [-0.4, -0.2) is 24.2 Å². The van der Waals surface area contributed by atoms with Crippen LogP contribution in [0.2, 0.25) is 0 Å². The van der Waals surface area contributed by atoms with E-state index in [-0.39, 0.29) is 17.7 Å². The van der Waals surface area contributed by atoms with Crippen LogP contribution in [-0.2, 0) is 16.1 Å². The first-order chi connectivity index (χ1) is 11.5. The number of carbonyl (C=O) groups is 1. The maximum atomic E-state index is 12.3. The molecule has 0 bridgehead atoms. The highest BCUT2D eigenvalue weighted by Gasteiger charge is 2.22. The van der Waals surface area contributed by atoms with Crippen LogP contribution in [0.25, 0.3) is 0 Å². The van der Waals surface area contributed by atoms with Gasteiger partial charge in [0.25, 0.3) is 0 Å². The van der Waals surface area contributed by atoms with Gasteiger partial charge in [-0.2, -0.15) is 0 Å². The monoisotopic (exact) mass is 330 g/mol. The quantitative estimate of drug-likeness (QED) is 0.806. The summed E-state index contributed by atoms with van der Waals surface area (Å²) in [5.41, 5.74) is 2.80. The first kappa shape index (κ1) is 18.2. The van der Waals surface area contributed by atoms with Crippen LogP contribution in [0.1, 0.15) is 42.3 Å². The molecule has 1 amide bonds. The van der Waals surface area contributed by atoms with Crippen molar-refractivity contribution >= 4 is 5.91 Å². The molecule has 5 heteroatoms. The third kappa shape index (κ3) is 4.93. The number of hydrogen-bond donors (Lipinski definition) is 1. The molecule has 1 N–H and O–H groups in total. The predicted octanol–water partition coefficient (Wildman–Crippen LogP) is 3.36. The van der Waals surface area contributed by atoms with Crippen LogP contribution in [0.15, 0.2) is 34.9 Å². The van der Waals surface area contributed by atoms with Gasteiger partial charge in [0, 0.05) is 12.1 Å². The zero-order chi connectivity index (χ0) is 17.5. The third-order valence-electron chi connectivity index (χ3n) is 4.05. The van der Waals surface area contributed by atoms with Gasteiger partial charge in [-0.15, -0.1) is 0 Å². The second-order valence-corrected chi connectivity index (χ2v) is 6.31. The van der Waals surface area contributed by atoms with Crippen LogP contribution in [0.4, 0.5) is 0 Å². The molecule has 0 saturated heterocycles. The molecule has 5 nitrogen and oxygen atoms in total. The highest BCUT2D eigenvalue weighted by atomic mass is 16.5. The fraction of sp³-hybridized carbons (Fsp3) is 0.474. The Hall–Kier alpha value is -2.14. The molecule has 0 fully saturated rings. The van der Waals surface area contributed by atoms with E-state index in [4.69, 9.17) is 9.26 Å². The van der Waals surface area contributed by atoms with Gasteiger partial charge >= 0.3 is 0 Å². The van der Waals surface area contributed by atoms with E-state index in [9.17, 15) is 4.79 Å². The van der Waals surface area contributed by atoms with Crippen molar-refractivity contribution in [3.05, 3.63) is 52.9 Å². The highest BCUT2D eigenvalue weighted by molar-refractivity contribution is 5.83. The number of rotatable bonds is 8. The van der Waals surface area contributed by atoms with E-state index >= 15 is 0 Å². The van der Waals surface area contributed by atoms with Gasteiger partial charge in [-0.3, -0.25) is 4.79 Å². The largest absolute Gasteiger partial charge is 0.376 e. The lowest BCUT2D eigenvalue weighted by Gasteiger charge is -2.16. The lowest BCUT2D eigenvalue weighted by Crippen LogP contribution is -2.33. The summed E-state index contributed by atoms with van der Waals surface area (Å²) in [6.07, 6.45) is 0. The van der Waals surface area contributed by atoms with Crippen LogP contribution in [0, 0.1) is 19.8 Å². The van der Waals surface area contributed by atoms with Crippen molar-refractivity contribution in [2.24, 2.45) is 5.92 Å². The Labute approximate surface area is 143 Å². The van der Waals surface area contributed by atoms with Crippen molar-refractivity contribution in [1.82, 2.24) is 10.5 Å². The first-order valence-corrected chi connectivity index (χ1v) is 8.31. The third-order valence-corrected chi connectivity index (χ3v) is 4.05. The van der Waals surface area contributed by atoms with Gasteiger partial charge in [0.05, 0.1) is 24.8 Å².